The molecule has 94 valence electrons. The molecule has 0 saturated heterocycles. The van der Waals surface area contributed by atoms with E-state index in [0.717, 1.165) is 12.8 Å². The monoisotopic (exact) mass is 257 g/mol. The molecule has 0 spiro atoms. The minimum absolute atomic E-state index is 0.192. The Bertz CT molecular complexity index is 461. The van der Waals surface area contributed by atoms with Gasteiger partial charge in [-0.05, 0) is 25.0 Å². The third-order valence-corrected chi connectivity index (χ3v) is 4.55. The van der Waals surface area contributed by atoms with Gasteiger partial charge in [0, 0.05) is 0 Å². The Morgan fingerprint density at radius 3 is 2.41 bits per heavy atom. The fourth-order valence-electron chi connectivity index (χ4n) is 2.09. The molecule has 0 heterocycles. The van der Waals surface area contributed by atoms with Gasteiger partial charge in [0.2, 0.25) is 10.0 Å². The number of benzene rings is 1. The van der Waals surface area contributed by atoms with Crippen LogP contribution in [-0.4, -0.2) is 20.6 Å². The van der Waals surface area contributed by atoms with Crippen molar-refractivity contribution in [2.75, 3.05) is 0 Å². The summed E-state index contributed by atoms with van der Waals surface area (Å²) in [5.41, 5.74) is 0. The molecule has 1 aliphatic carbocycles. The lowest BCUT2D eigenvalue weighted by atomic mass is 9.95. The highest BCUT2D eigenvalue weighted by atomic mass is 32.2. The number of hydrogen-bond donors (Lipinski definition) is 1. The zero-order chi connectivity index (χ0) is 12.3. The van der Waals surface area contributed by atoms with Crippen LogP contribution in [0.4, 0.5) is 4.39 Å². The van der Waals surface area contributed by atoms with E-state index in [4.69, 9.17) is 0 Å². The van der Waals surface area contributed by atoms with E-state index in [9.17, 15) is 12.8 Å². The molecule has 2 rings (SSSR count). The number of sulfonamides is 1. The number of nitrogens with one attached hydrogen (secondary N) is 1. The maximum atomic E-state index is 13.6. The second-order valence-electron chi connectivity index (χ2n) is 4.34. The predicted octanol–water partition coefficient (Wildman–Crippen LogP) is 2.25. The van der Waals surface area contributed by atoms with Crippen molar-refractivity contribution in [2.45, 2.75) is 42.8 Å². The summed E-state index contributed by atoms with van der Waals surface area (Å²) in [5, 5.41) is 0. The van der Waals surface area contributed by atoms with Gasteiger partial charge in [0.1, 0.15) is 6.17 Å². The van der Waals surface area contributed by atoms with Crippen LogP contribution < -0.4 is 4.72 Å². The molecule has 1 N–H and O–H groups in total. The summed E-state index contributed by atoms with van der Waals surface area (Å²) < 4.78 is 40.0. The molecule has 2 atom stereocenters. The van der Waals surface area contributed by atoms with Crippen LogP contribution >= 0.6 is 0 Å². The molecular weight excluding hydrogens is 241 g/mol. The van der Waals surface area contributed by atoms with Gasteiger partial charge in [-0.25, -0.2) is 17.5 Å². The molecule has 0 amide bonds. The molecule has 17 heavy (non-hydrogen) atoms. The quantitative estimate of drug-likeness (QED) is 0.902. The van der Waals surface area contributed by atoms with Crippen molar-refractivity contribution in [2.24, 2.45) is 0 Å². The second kappa shape index (κ2) is 5.14. The largest absolute Gasteiger partial charge is 0.246 e. The molecule has 1 aromatic rings. The first-order valence-corrected chi connectivity index (χ1v) is 7.29. The fourth-order valence-corrected chi connectivity index (χ4v) is 3.40. The Labute approximate surface area is 101 Å². The predicted molar refractivity (Wildman–Crippen MR) is 63.9 cm³/mol. The van der Waals surface area contributed by atoms with Gasteiger partial charge >= 0.3 is 0 Å². The SMILES string of the molecule is O=S(=O)(N[C@H]1CCCC[C@@H]1F)c1ccccc1. The smallest absolute Gasteiger partial charge is 0.240 e. The van der Waals surface area contributed by atoms with Crippen molar-refractivity contribution in [3.8, 4) is 0 Å². The van der Waals surface area contributed by atoms with Crippen LogP contribution in [0.15, 0.2) is 35.2 Å². The molecule has 1 saturated carbocycles. The molecule has 1 fully saturated rings. The third kappa shape index (κ3) is 3.04. The number of hydrogen-bond acceptors (Lipinski definition) is 2. The maximum absolute atomic E-state index is 13.6. The van der Waals surface area contributed by atoms with Crippen molar-refractivity contribution in [3.63, 3.8) is 0 Å². The molecule has 3 nitrogen and oxygen atoms in total. The van der Waals surface area contributed by atoms with E-state index in [1.54, 1.807) is 18.2 Å². The maximum Gasteiger partial charge on any atom is 0.240 e. The first-order chi connectivity index (χ1) is 8.09. The fraction of sp³-hybridized carbons (Fsp3) is 0.500. The molecule has 0 bridgehead atoms. The van der Waals surface area contributed by atoms with Gasteiger partial charge in [-0.1, -0.05) is 31.0 Å². The molecule has 0 aliphatic heterocycles. The van der Waals surface area contributed by atoms with Crippen molar-refractivity contribution in [1.82, 2.24) is 4.72 Å². The summed E-state index contributed by atoms with van der Waals surface area (Å²) in [5.74, 6) is 0. The molecule has 1 aliphatic rings. The molecule has 1 aromatic carbocycles. The van der Waals surface area contributed by atoms with Crippen molar-refractivity contribution < 1.29 is 12.8 Å². The summed E-state index contributed by atoms with van der Waals surface area (Å²) >= 11 is 0. The van der Waals surface area contributed by atoms with Crippen molar-refractivity contribution in [1.29, 1.82) is 0 Å². The molecule has 0 unspecified atom stereocenters. The van der Waals surface area contributed by atoms with Gasteiger partial charge in [0.15, 0.2) is 0 Å². The Morgan fingerprint density at radius 1 is 1.12 bits per heavy atom. The summed E-state index contributed by atoms with van der Waals surface area (Å²) in [6.07, 6.45) is 1.67. The van der Waals surface area contributed by atoms with E-state index >= 15 is 0 Å². The Hall–Kier alpha value is -0.940. The van der Waals surface area contributed by atoms with Crippen LogP contribution in [0, 0.1) is 0 Å². The highest BCUT2D eigenvalue weighted by molar-refractivity contribution is 7.89. The zero-order valence-corrected chi connectivity index (χ0v) is 10.3. The number of halogens is 1. The summed E-state index contributed by atoms with van der Waals surface area (Å²) in [7, 11) is -3.58. The molecule has 0 aromatic heterocycles. The van der Waals surface area contributed by atoms with Crippen LogP contribution in [0.1, 0.15) is 25.7 Å². The first kappa shape index (κ1) is 12.5. The summed E-state index contributed by atoms with van der Waals surface area (Å²) in [6, 6.07) is 7.51. The van der Waals surface area contributed by atoms with Gasteiger partial charge in [-0.3, -0.25) is 0 Å². The van der Waals surface area contributed by atoms with E-state index in [-0.39, 0.29) is 4.90 Å². The molecule has 5 heteroatoms. The van der Waals surface area contributed by atoms with Crippen molar-refractivity contribution >= 4 is 10.0 Å². The van der Waals surface area contributed by atoms with Gasteiger partial charge in [0.05, 0.1) is 10.9 Å². The van der Waals surface area contributed by atoms with Crippen LogP contribution in [0.25, 0.3) is 0 Å². The lowest BCUT2D eigenvalue weighted by molar-refractivity contribution is 0.206. The molecule has 0 radical (unpaired) electrons. The van der Waals surface area contributed by atoms with E-state index in [2.05, 4.69) is 4.72 Å². The van der Waals surface area contributed by atoms with Gasteiger partial charge < -0.3 is 0 Å². The second-order valence-corrected chi connectivity index (χ2v) is 6.06. The van der Waals surface area contributed by atoms with Crippen molar-refractivity contribution in [3.05, 3.63) is 30.3 Å². The van der Waals surface area contributed by atoms with Gasteiger partial charge in [-0.15, -0.1) is 0 Å². The Morgan fingerprint density at radius 2 is 1.76 bits per heavy atom. The van der Waals surface area contributed by atoms with E-state index < -0.39 is 22.2 Å². The van der Waals surface area contributed by atoms with Gasteiger partial charge in [-0.2, -0.15) is 0 Å². The topological polar surface area (TPSA) is 46.2 Å². The average Bonchev–Trinajstić information content (AvgIpc) is 2.33. The van der Waals surface area contributed by atoms with Crippen LogP contribution in [-0.2, 0) is 10.0 Å². The van der Waals surface area contributed by atoms with Gasteiger partial charge in [0.25, 0.3) is 0 Å². The normalized spacial score (nSPS) is 25.7. The zero-order valence-electron chi connectivity index (χ0n) is 9.47. The minimum atomic E-state index is -3.58. The Balaban J connectivity index is 2.12. The number of rotatable bonds is 3. The minimum Gasteiger partial charge on any atom is -0.246 e. The highest BCUT2D eigenvalue weighted by Crippen LogP contribution is 2.22. The van der Waals surface area contributed by atoms with Crippen LogP contribution in [0.5, 0.6) is 0 Å². The summed E-state index contributed by atoms with van der Waals surface area (Å²) in [4.78, 5) is 0.192. The van der Waals surface area contributed by atoms with E-state index in [1.807, 2.05) is 0 Å². The van der Waals surface area contributed by atoms with E-state index in [1.165, 1.54) is 12.1 Å². The van der Waals surface area contributed by atoms with Crippen LogP contribution in [0.3, 0.4) is 0 Å². The lowest BCUT2D eigenvalue weighted by Gasteiger charge is -2.26. The standard InChI is InChI=1S/C12H16FNO2S/c13-11-8-4-5-9-12(11)14-17(15,16)10-6-2-1-3-7-10/h1-3,6-7,11-12,14H,4-5,8-9H2/t11-,12-/m0/s1. The lowest BCUT2D eigenvalue weighted by Crippen LogP contribution is -2.43. The number of alkyl halides is 1. The summed E-state index contributed by atoms with van der Waals surface area (Å²) in [6.45, 7) is 0. The van der Waals surface area contributed by atoms with E-state index in [0.29, 0.717) is 12.8 Å². The third-order valence-electron chi connectivity index (χ3n) is 3.04. The average molecular weight is 257 g/mol. The highest BCUT2D eigenvalue weighted by Gasteiger charge is 2.29. The van der Waals surface area contributed by atoms with Crippen LogP contribution in [0.2, 0.25) is 0 Å². The Kier molecular flexibility index (Phi) is 3.79. The molecular formula is C12H16FNO2S. The first-order valence-electron chi connectivity index (χ1n) is 5.81.